The molecule has 68 valence electrons. The summed E-state index contributed by atoms with van der Waals surface area (Å²) in [4.78, 5) is 58.6. The minimum Gasteiger partial charge on any atom is -0.368 e. The van der Waals surface area contributed by atoms with Gasteiger partial charge in [0.2, 0.25) is 0 Å². The van der Waals surface area contributed by atoms with Crippen molar-refractivity contribution in [3.8, 4) is 0 Å². The van der Waals surface area contributed by atoms with E-state index >= 15 is 0 Å². The molecule has 11 heteroatoms. The number of rotatable bonds is 0. The molecule has 0 aliphatic heterocycles. The summed E-state index contributed by atoms with van der Waals surface area (Å²) in [5, 5.41) is 0. The fourth-order valence-electron chi connectivity index (χ4n) is 0. The minimum absolute atomic E-state index is 0. The summed E-state index contributed by atoms with van der Waals surface area (Å²) in [6.45, 7) is 0. The SMILES string of the molecule is O[Si](O)(O)O.O[Si](O)(O)O.[Nd]. The fraction of sp³-hybridized carbons (Fsp3) is 0. The Balaban J connectivity index is -0.000000107. The molecule has 8 nitrogen and oxygen atoms in total. The average molecular weight is 336 g/mol. The van der Waals surface area contributed by atoms with E-state index in [0.29, 0.717) is 0 Å². The Morgan fingerprint density at radius 3 is 0.455 bits per heavy atom. The van der Waals surface area contributed by atoms with Crippen molar-refractivity contribution in [1.82, 2.24) is 0 Å². The van der Waals surface area contributed by atoms with Crippen LogP contribution in [-0.2, 0) is 0 Å². The first-order valence-electron chi connectivity index (χ1n) is 1.79. The van der Waals surface area contributed by atoms with Gasteiger partial charge < -0.3 is 38.4 Å². The Labute approximate surface area is 96.5 Å². The van der Waals surface area contributed by atoms with E-state index in [4.69, 9.17) is 38.4 Å². The molecule has 0 fully saturated rings. The molecule has 0 spiro atoms. The van der Waals surface area contributed by atoms with Gasteiger partial charge in [0, 0.05) is 40.8 Å². The Morgan fingerprint density at radius 1 is 0.455 bits per heavy atom. The Kier molecular flexibility index (Phi) is 11.5. The van der Waals surface area contributed by atoms with Crippen LogP contribution >= 0.6 is 0 Å². The van der Waals surface area contributed by atoms with E-state index in [1.54, 1.807) is 0 Å². The summed E-state index contributed by atoms with van der Waals surface area (Å²) in [6.07, 6.45) is 0. The second kappa shape index (κ2) is 6.92. The van der Waals surface area contributed by atoms with Crippen LogP contribution in [-0.4, -0.2) is 56.5 Å². The quantitative estimate of drug-likeness (QED) is 0.204. The van der Waals surface area contributed by atoms with E-state index in [2.05, 4.69) is 0 Å². The van der Waals surface area contributed by atoms with Crippen LogP contribution in [0.2, 0.25) is 0 Å². The maximum absolute atomic E-state index is 7.33. The van der Waals surface area contributed by atoms with Crippen molar-refractivity contribution < 1.29 is 79.2 Å². The van der Waals surface area contributed by atoms with Crippen LogP contribution in [0.4, 0.5) is 0 Å². The van der Waals surface area contributed by atoms with Crippen molar-refractivity contribution in [2.75, 3.05) is 0 Å². The predicted octanol–water partition coefficient (Wildman–Crippen LogP) is -5.22. The van der Waals surface area contributed by atoms with Gasteiger partial charge in [0.25, 0.3) is 0 Å². The zero-order chi connectivity index (χ0) is 9.00. The van der Waals surface area contributed by atoms with Crippen molar-refractivity contribution in [2.24, 2.45) is 0 Å². The molecule has 0 radical (unpaired) electrons. The first-order valence-corrected chi connectivity index (χ1v) is 5.37. The Morgan fingerprint density at radius 2 is 0.455 bits per heavy atom. The molecule has 0 bridgehead atoms. The largest absolute Gasteiger partial charge is 0.668 e. The van der Waals surface area contributed by atoms with E-state index in [-0.39, 0.29) is 40.8 Å². The topological polar surface area (TPSA) is 162 Å². The van der Waals surface area contributed by atoms with Gasteiger partial charge in [-0.15, -0.1) is 0 Å². The third kappa shape index (κ3) is 479. The van der Waals surface area contributed by atoms with Crippen molar-refractivity contribution in [3.05, 3.63) is 0 Å². The molecular weight excluding hydrogens is 328 g/mol. The van der Waals surface area contributed by atoms with Crippen LogP contribution in [0.25, 0.3) is 0 Å². The number of hydrogen-bond acceptors (Lipinski definition) is 8. The summed E-state index contributed by atoms with van der Waals surface area (Å²) in [7, 11) is -9.22. The second-order valence-corrected chi connectivity index (χ2v) is 3.60. The molecule has 0 aliphatic carbocycles. The minimum atomic E-state index is -4.61. The van der Waals surface area contributed by atoms with Crippen molar-refractivity contribution in [2.45, 2.75) is 0 Å². The van der Waals surface area contributed by atoms with Crippen LogP contribution in [0.3, 0.4) is 0 Å². The van der Waals surface area contributed by atoms with Gasteiger partial charge in [-0.2, -0.15) is 0 Å². The molecule has 0 saturated heterocycles. The monoisotopic (exact) mass is 334 g/mol. The Hall–Kier alpha value is 1.46. The summed E-state index contributed by atoms with van der Waals surface area (Å²) in [6, 6.07) is 0. The summed E-state index contributed by atoms with van der Waals surface area (Å²) >= 11 is 0. The molecule has 0 amide bonds. The molecule has 0 heterocycles. The van der Waals surface area contributed by atoms with E-state index in [0.717, 1.165) is 0 Å². The maximum Gasteiger partial charge on any atom is 0.668 e. The first-order chi connectivity index (χ1) is 4.00. The molecule has 0 rings (SSSR count). The van der Waals surface area contributed by atoms with Gasteiger partial charge in [-0.25, -0.2) is 0 Å². The van der Waals surface area contributed by atoms with Crippen molar-refractivity contribution in [3.63, 3.8) is 0 Å². The van der Waals surface area contributed by atoms with Crippen LogP contribution in [0.15, 0.2) is 0 Å². The average Bonchev–Trinajstić information content (AvgIpc) is 1.12. The zero-order valence-corrected chi connectivity index (χ0v) is 10.3. The van der Waals surface area contributed by atoms with Gasteiger partial charge in [-0.1, -0.05) is 0 Å². The zero-order valence-electron chi connectivity index (χ0n) is 5.08. The maximum atomic E-state index is 7.33. The molecule has 0 aromatic carbocycles. The molecule has 0 aromatic heterocycles. The van der Waals surface area contributed by atoms with E-state index < -0.39 is 18.1 Å². The van der Waals surface area contributed by atoms with E-state index in [1.807, 2.05) is 0 Å². The van der Waals surface area contributed by atoms with Gasteiger partial charge in [-0.05, 0) is 0 Å². The third-order valence-electron chi connectivity index (χ3n) is 0. The fourth-order valence-corrected chi connectivity index (χ4v) is 0. The van der Waals surface area contributed by atoms with Crippen LogP contribution in [0.5, 0.6) is 0 Å². The molecule has 11 heavy (non-hydrogen) atoms. The third-order valence-corrected chi connectivity index (χ3v) is 0. The van der Waals surface area contributed by atoms with Crippen LogP contribution in [0, 0.1) is 40.8 Å². The van der Waals surface area contributed by atoms with Gasteiger partial charge in [0.15, 0.2) is 0 Å². The van der Waals surface area contributed by atoms with Crippen molar-refractivity contribution >= 4 is 18.1 Å². The predicted molar refractivity (Wildman–Crippen MR) is 29.3 cm³/mol. The smallest absolute Gasteiger partial charge is 0.368 e. The molecular formula is H8NdO8Si2. The van der Waals surface area contributed by atoms with Crippen LogP contribution < -0.4 is 0 Å². The van der Waals surface area contributed by atoms with E-state index in [9.17, 15) is 0 Å². The van der Waals surface area contributed by atoms with Gasteiger partial charge in [0.05, 0.1) is 0 Å². The molecule has 0 saturated carbocycles. The van der Waals surface area contributed by atoms with Crippen LogP contribution in [0.1, 0.15) is 0 Å². The first kappa shape index (κ1) is 18.3. The summed E-state index contributed by atoms with van der Waals surface area (Å²) < 4.78 is 0. The summed E-state index contributed by atoms with van der Waals surface area (Å²) in [5.41, 5.74) is 0. The van der Waals surface area contributed by atoms with Crippen molar-refractivity contribution in [1.29, 1.82) is 0 Å². The molecule has 8 N–H and O–H groups in total. The molecule has 0 atom stereocenters. The van der Waals surface area contributed by atoms with Gasteiger partial charge in [-0.3, -0.25) is 0 Å². The second-order valence-electron chi connectivity index (χ2n) is 1.20. The standard InChI is InChI=1S/Nd.2H4O4Si/c;2*1-5(2,3)4/h;2*1-4H. The molecule has 0 unspecified atom stereocenters. The summed E-state index contributed by atoms with van der Waals surface area (Å²) in [5.74, 6) is 0. The molecule has 0 aliphatic rings. The normalized spacial score (nSPS) is 10.9. The van der Waals surface area contributed by atoms with E-state index in [1.165, 1.54) is 0 Å². The van der Waals surface area contributed by atoms with Gasteiger partial charge in [0.1, 0.15) is 0 Å². The molecule has 0 aromatic rings. The Bertz CT molecular complexity index is 55.1. The number of hydrogen-bond donors (Lipinski definition) is 8. The van der Waals surface area contributed by atoms with Gasteiger partial charge >= 0.3 is 18.1 Å².